The fourth-order valence-electron chi connectivity index (χ4n) is 2.84. The van der Waals surface area contributed by atoms with Gasteiger partial charge >= 0.3 is 5.97 Å². The van der Waals surface area contributed by atoms with Crippen LogP contribution in [0.2, 0.25) is 0 Å². The van der Waals surface area contributed by atoms with E-state index in [2.05, 4.69) is 9.98 Å². The van der Waals surface area contributed by atoms with Crippen molar-refractivity contribution in [3.05, 3.63) is 23.5 Å². The van der Waals surface area contributed by atoms with Crippen molar-refractivity contribution in [3.8, 4) is 0 Å². The second-order valence-corrected chi connectivity index (χ2v) is 4.84. The lowest BCUT2D eigenvalue weighted by Gasteiger charge is -2.30. The van der Waals surface area contributed by atoms with Gasteiger partial charge in [0, 0.05) is 6.21 Å². The van der Waals surface area contributed by atoms with E-state index in [4.69, 9.17) is 5.11 Å². The van der Waals surface area contributed by atoms with Crippen molar-refractivity contribution >= 4 is 17.9 Å². The van der Waals surface area contributed by atoms with Crippen LogP contribution in [0.1, 0.15) is 48.3 Å². The Morgan fingerprint density at radius 2 is 2.00 bits per heavy atom. The van der Waals surface area contributed by atoms with E-state index in [0.717, 1.165) is 24.2 Å². The number of fused-ring (bicyclic) bond motifs is 2. The molecule has 4 nitrogen and oxygen atoms in total. The van der Waals surface area contributed by atoms with Crippen LogP contribution in [0.4, 0.5) is 5.69 Å². The summed E-state index contributed by atoms with van der Waals surface area (Å²) >= 11 is 0. The first kappa shape index (κ1) is 10.4. The number of aromatic carboxylic acids is 1. The van der Waals surface area contributed by atoms with Crippen molar-refractivity contribution in [1.29, 1.82) is 0 Å². The highest BCUT2D eigenvalue weighted by atomic mass is 16.4. The molecule has 0 unspecified atom stereocenters. The first-order chi connectivity index (χ1) is 8.21. The molecule has 88 valence electrons. The number of rotatable bonds is 1. The summed E-state index contributed by atoms with van der Waals surface area (Å²) in [7, 11) is 0. The minimum atomic E-state index is -0.967. The van der Waals surface area contributed by atoms with Gasteiger partial charge in [-0.3, -0.25) is 4.99 Å². The maximum atomic E-state index is 11.0. The number of carboxylic acids is 1. The average molecular weight is 230 g/mol. The zero-order valence-corrected chi connectivity index (χ0v) is 9.52. The predicted octanol–water partition coefficient (Wildman–Crippen LogP) is 2.70. The molecule has 1 aliphatic carbocycles. The Bertz CT molecular complexity index is 502. The van der Waals surface area contributed by atoms with E-state index in [0.29, 0.717) is 0 Å². The van der Waals surface area contributed by atoms with Crippen LogP contribution >= 0.6 is 0 Å². The van der Waals surface area contributed by atoms with E-state index in [1.165, 1.54) is 25.3 Å². The molecule has 0 radical (unpaired) electrons. The van der Waals surface area contributed by atoms with Crippen molar-refractivity contribution in [1.82, 2.24) is 4.98 Å². The number of hydrogen-bond acceptors (Lipinski definition) is 3. The monoisotopic (exact) mass is 230 g/mol. The van der Waals surface area contributed by atoms with Gasteiger partial charge in [0.2, 0.25) is 0 Å². The summed E-state index contributed by atoms with van der Waals surface area (Å²) in [5.74, 6) is -0.967. The zero-order chi connectivity index (χ0) is 11.9. The lowest BCUT2D eigenvalue weighted by atomic mass is 9.73. The molecule has 0 bridgehead atoms. The quantitative estimate of drug-likeness (QED) is 0.806. The first-order valence-electron chi connectivity index (χ1n) is 6.01. The van der Waals surface area contributed by atoms with Gasteiger partial charge in [-0.05, 0) is 25.0 Å². The summed E-state index contributed by atoms with van der Waals surface area (Å²) in [6, 6.07) is 3.30. The van der Waals surface area contributed by atoms with Gasteiger partial charge in [0.15, 0.2) is 0 Å². The molecule has 2 heterocycles. The van der Waals surface area contributed by atoms with Gasteiger partial charge in [0.25, 0.3) is 0 Å². The van der Waals surface area contributed by atoms with Crippen LogP contribution < -0.4 is 0 Å². The van der Waals surface area contributed by atoms with Crippen LogP contribution in [0.5, 0.6) is 0 Å². The molecule has 1 N–H and O–H groups in total. The molecule has 0 aromatic carbocycles. The Morgan fingerprint density at radius 3 is 2.71 bits per heavy atom. The Kier molecular flexibility index (Phi) is 2.24. The Balaban J connectivity index is 2.07. The number of nitrogens with zero attached hydrogens (tertiary/aromatic N) is 2. The summed E-state index contributed by atoms with van der Waals surface area (Å²) in [6.45, 7) is 0. The molecular weight excluding hydrogens is 216 g/mol. The highest BCUT2D eigenvalue weighted by Crippen LogP contribution is 2.44. The van der Waals surface area contributed by atoms with Crippen molar-refractivity contribution < 1.29 is 9.90 Å². The topological polar surface area (TPSA) is 62.5 Å². The zero-order valence-electron chi connectivity index (χ0n) is 9.52. The lowest BCUT2D eigenvalue weighted by molar-refractivity contribution is 0.0690. The van der Waals surface area contributed by atoms with E-state index in [1.54, 1.807) is 6.07 Å². The van der Waals surface area contributed by atoms with Gasteiger partial charge in [-0.2, -0.15) is 0 Å². The molecule has 1 aliphatic heterocycles. The van der Waals surface area contributed by atoms with Crippen LogP contribution in [0, 0.1) is 0 Å². The largest absolute Gasteiger partial charge is 0.477 e. The molecule has 1 aromatic heterocycles. The standard InChI is InChI=1S/C13H14N2O2/c16-12(17)10-5-4-9-11(15-10)13(8-14-9)6-2-1-3-7-13/h4-5,8H,1-3,6-7H2,(H,16,17). The molecular formula is C13H14N2O2. The first-order valence-corrected chi connectivity index (χ1v) is 6.01. The normalized spacial score (nSPS) is 20.5. The van der Waals surface area contributed by atoms with E-state index in [-0.39, 0.29) is 11.1 Å². The highest BCUT2D eigenvalue weighted by Gasteiger charge is 2.39. The molecule has 0 saturated heterocycles. The Hall–Kier alpha value is -1.71. The van der Waals surface area contributed by atoms with Crippen LogP contribution in [0.25, 0.3) is 0 Å². The third-order valence-electron chi connectivity index (χ3n) is 3.76. The molecule has 1 aromatic rings. The van der Waals surface area contributed by atoms with Crippen LogP contribution in [-0.2, 0) is 5.41 Å². The van der Waals surface area contributed by atoms with Crippen molar-refractivity contribution in [3.63, 3.8) is 0 Å². The average Bonchev–Trinajstić information content (AvgIpc) is 2.69. The van der Waals surface area contributed by atoms with Crippen LogP contribution in [-0.4, -0.2) is 22.3 Å². The van der Waals surface area contributed by atoms with Gasteiger partial charge in [-0.25, -0.2) is 9.78 Å². The van der Waals surface area contributed by atoms with Gasteiger partial charge in [-0.15, -0.1) is 0 Å². The lowest BCUT2D eigenvalue weighted by Crippen LogP contribution is -2.29. The Labute approximate surface area is 99.4 Å². The number of aromatic nitrogens is 1. The van der Waals surface area contributed by atoms with Crippen molar-refractivity contribution in [2.24, 2.45) is 4.99 Å². The summed E-state index contributed by atoms with van der Waals surface area (Å²) in [6.07, 6.45) is 7.66. The maximum absolute atomic E-state index is 11.0. The van der Waals surface area contributed by atoms with Crippen molar-refractivity contribution in [2.75, 3.05) is 0 Å². The van der Waals surface area contributed by atoms with E-state index >= 15 is 0 Å². The number of pyridine rings is 1. The minimum Gasteiger partial charge on any atom is -0.477 e. The third-order valence-corrected chi connectivity index (χ3v) is 3.76. The van der Waals surface area contributed by atoms with Gasteiger partial charge < -0.3 is 5.11 Å². The van der Waals surface area contributed by atoms with E-state index in [1.807, 2.05) is 6.21 Å². The number of aliphatic imine (C=N–C) groups is 1. The smallest absolute Gasteiger partial charge is 0.354 e. The summed E-state index contributed by atoms with van der Waals surface area (Å²) in [5.41, 5.74) is 1.76. The molecule has 1 saturated carbocycles. The van der Waals surface area contributed by atoms with Gasteiger partial charge in [-0.1, -0.05) is 19.3 Å². The maximum Gasteiger partial charge on any atom is 0.354 e. The number of carbonyl (C=O) groups is 1. The summed E-state index contributed by atoms with van der Waals surface area (Å²) < 4.78 is 0. The van der Waals surface area contributed by atoms with Crippen LogP contribution in [0.3, 0.4) is 0 Å². The third kappa shape index (κ3) is 1.55. The highest BCUT2D eigenvalue weighted by molar-refractivity contribution is 5.89. The van der Waals surface area contributed by atoms with Gasteiger partial charge in [0.05, 0.1) is 16.8 Å². The fourth-order valence-corrected chi connectivity index (χ4v) is 2.84. The molecule has 17 heavy (non-hydrogen) atoms. The van der Waals surface area contributed by atoms with Crippen molar-refractivity contribution in [2.45, 2.75) is 37.5 Å². The molecule has 3 rings (SSSR count). The summed E-state index contributed by atoms with van der Waals surface area (Å²) in [4.78, 5) is 19.7. The molecule has 1 spiro atoms. The van der Waals surface area contributed by atoms with Crippen LogP contribution in [0.15, 0.2) is 17.1 Å². The second kappa shape index (κ2) is 3.65. The number of hydrogen-bond donors (Lipinski definition) is 1. The van der Waals surface area contributed by atoms with E-state index < -0.39 is 5.97 Å². The number of carboxylic acid groups (broad SMARTS) is 1. The van der Waals surface area contributed by atoms with Gasteiger partial charge in [0.1, 0.15) is 5.69 Å². The SMILES string of the molecule is O=C(O)c1ccc2c(n1)C1(C=N2)CCCCC1. The fraction of sp³-hybridized carbons (Fsp3) is 0.462. The predicted molar refractivity (Wildman–Crippen MR) is 64.1 cm³/mol. The van der Waals surface area contributed by atoms with E-state index in [9.17, 15) is 4.79 Å². The molecule has 0 atom stereocenters. The molecule has 0 amide bonds. The molecule has 2 aliphatic rings. The summed E-state index contributed by atoms with van der Waals surface area (Å²) in [5, 5.41) is 9.00. The minimum absolute atomic E-state index is 0.0843. The second-order valence-electron chi connectivity index (χ2n) is 4.84. The Morgan fingerprint density at radius 1 is 1.24 bits per heavy atom. The molecule has 1 fully saturated rings. The molecule has 4 heteroatoms.